The second-order valence-corrected chi connectivity index (χ2v) is 7.98. The highest BCUT2D eigenvalue weighted by Gasteiger charge is 2.34. The van der Waals surface area contributed by atoms with Gasteiger partial charge in [0.2, 0.25) is 17.7 Å². The molecule has 0 aromatic heterocycles. The van der Waals surface area contributed by atoms with Gasteiger partial charge in [-0.05, 0) is 57.1 Å². The van der Waals surface area contributed by atoms with Crippen LogP contribution in [0.4, 0.5) is 17.1 Å². The fourth-order valence-electron chi connectivity index (χ4n) is 4.17. The van der Waals surface area contributed by atoms with E-state index in [1.54, 1.807) is 24.3 Å². The van der Waals surface area contributed by atoms with Gasteiger partial charge in [0.15, 0.2) is 0 Å². The summed E-state index contributed by atoms with van der Waals surface area (Å²) in [5.41, 5.74) is 1.75. The van der Waals surface area contributed by atoms with Crippen LogP contribution < -0.4 is 15.5 Å². The molecule has 3 amide bonds. The highest BCUT2D eigenvalue weighted by Crippen LogP contribution is 2.31. The number of anilines is 3. The predicted octanol–water partition coefficient (Wildman–Crippen LogP) is 2.42. The van der Waals surface area contributed by atoms with E-state index in [2.05, 4.69) is 15.5 Å². The molecule has 0 bridgehead atoms. The van der Waals surface area contributed by atoms with Gasteiger partial charge in [-0.3, -0.25) is 24.2 Å². The number of benzene rings is 2. The monoisotopic (exact) mass is 422 g/mol. The van der Waals surface area contributed by atoms with Crippen molar-refractivity contribution in [3.8, 4) is 5.75 Å². The second-order valence-electron chi connectivity index (χ2n) is 7.98. The molecule has 31 heavy (non-hydrogen) atoms. The van der Waals surface area contributed by atoms with Crippen LogP contribution in [0, 0.1) is 5.92 Å². The molecule has 0 spiro atoms. The molecule has 2 heterocycles. The number of nitrogens with zero attached hydrogens (tertiary/aromatic N) is 2. The van der Waals surface area contributed by atoms with E-state index in [0.717, 1.165) is 0 Å². The Balaban J connectivity index is 1.37. The van der Waals surface area contributed by atoms with E-state index in [1.165, 1.54) is 11.0 Å². The molecule has 8 heteroatoms. The van der Waals surface area contributed by atoms with E-state index in [4.69, 9.17) is 0 Å². The lowest BCUT2D eigenvalue weighted by molar-refractivity contribution is -0.126. The molecule has 2 aliphatic heterocycles. The molecule has 162 valence electrons. The maximum absolute atomic E-state index is 13.2. The SMILES string of the molecule is CC(C(=O)N1CC(=O)Nc2ccccc21)N1CCC(C(=O)Nc2ccccc2O)CC1. The van der Waals surface area contributed by atoms with Crippen LogP contribution in [0.15, 0.2) is 48.5 Å². The molecule has 2 aromatic carbocycles. The number of phenolic OH excluding ortho intramolecular Hbond substituents is 1. The minimum Gasteiger partial charge on any atom is -0.506 e. The molecule has 1 fully saturated rings. The first-order valence-electron chi connectivity index (χ1n) is 10.5. The number of likely N-dealkylation sites (tertiary alicyclic amines) is 1. The number of piperidine rings is 1. The molecular formula is C23H26N4O4. The van der Waals surface area contributed by atoms with Gasteiger partial charge in [-0.2, -0.15) is 0 Å². The lowest BCUT2D eigenvalue weighted by Gasteiger charge is -2.38. The lowest BCUT2D eigenvalue weighted by atomic mass is 9.94. The zero-order chi connectivity index (χ0) is 22.0. The summed E-state index contributed by atoms with van der Waals surface area (Å²) in [7, 11) is 0. The summed E-state index contributed by atoms with van der Waals surface area (Å²) < 4.78 is 0. The lowest BCUT2D eigenvalue weighted by Crippen LogP contribution is -2.53. The summed E-state index contributed by atoms with van der Waals surface area (Å²) >= 11 is 0. The molecule has 0 aliphatic carbocycles. The molecule has 0 saturated carbocycles. The highest BCUT2D eigenvalue weighted by atomic mass is 16.3. The molecule has 3 N–H and O–H groups in total. The first kappa shape index (κ1) is 20.9. The topological polar surface area (TPSA) is 102 Å². The number of aromatic hydroxyl groups is 1. The summed E-state index contributed by atoms with van der Waals surface area (Å²) in [6.07, 6.45) is 1.24. The van der Waals surface area contributed by atoms with Crippen LogP contribution in [0.5, 0.6) is 5.75 Å². The number of hydrogen-bond acceptors (Lipinski definition) is 5. The number of rotatable bonds is 4. The quantitative estimate of drug-likeness (QED) is 0.657. The molecule has 8 nitrogen and oxygen atoms in total. The van der Waals surface area contributed by atoms with E-state index >= 15 is 0 Å². The number of amides is 3. The normalized spacial score (nSPS) is 18.1. The molecule has 1 atom stereocenters. The number of carbonyl (C=O) groups excluding carboxylic acids is 3. The maximum atomic E-state index is 13.2. The Bertz CT molecular complexity index is 1000. The van der Waals surface area contributed by atoms with Crippen molar-refractivity contribution in [1.82, 2.24) is 4.90 Å². The van der Waals surface area contributed by atoms with E-state index in [1.807, 2.05) is 25.1 Å². The van der Waals surface area contributed by atoms with E-state index in [-0.39, 0.29) is 35.9 Å². The third-order valence-electron chi connectivity index (χ3n) is 6.00. The van der Waals surface area contributed by atoms with Crippen LogP contribution in [-0.4, -0.2) is 53.4 Å². The van der Waals surface area contributed by atoms with E-state index in [9.17, 15) is 19.5 Å². The van der Waals surface area contributed by atoms with Crippen LogP contribution in [0.1, 0.15) is 19.8 Å². The number of nitrogens with one attached hydrogen (secondary N) is 2. The highest BCUT2D eigenvalue weighted by molar-refractivity contribution is 6.11. The first-order chi connectivity index (χ1) is 14.9. The molecule has 4 rings (SSSR count). The molecule has 2 aromatic rings. The van der Waals surface area contributed by atoms with Crippen LogP contribution in [-0.2, 0) is 14.4 Å². The molecular weight excluding hydrogens is 396 g/mol. The van der Waals surface area contributed by atoms with Gasteiger partial charge >= 0.3 is 0 Å². The number of carbonyl (C=O) groups is 3. The van der Waals surface area contributed by atoms with Gasteiger partial charge in [-0.15, -0.1) is 0 Å². The van der Waals surface area contributed by atoms with Gasteiger partial charge in [-0.25, -0.2) is 0 Å². The minimum absolute atomic E-state index is 0.000371. The number of fused-ring (bicyclic) bond motifs is 1. The maximum Gasteiger partial charge on any atom is 0.244 e. The molecule has 1 unspecified atom stereocenters. The van der Waals surface area contributed by atoms with Crippen molar-refractivity contribution in [3.05, 3.63) is 48.5 Å². The van der Waals surface area contributed by atoms with Gasteiger partial charge in [-0.1, -0.05) is 24.3 Å². The molecule has 1 saturated heterocycles. The van der Waals surface area contributed by atoms with Crippen LogP contribution >= 0.6 is 0 Å². The average Bonchev–Trinajstić information content (AvgIpc) is 2.79. The smallest absolute Gasteiger partial charge is 0.244 e. The Labute approximate surface area is 180 Å². The fraction of sp³-hybridized carbons (Fsp3) is 0.348. The Morgan fingerprint density at radius 2 is 1.77 bits per heavy atom. The first-order valence-corrected chi connectivity index (χ1v) is 10.5. The zero-order valence-corrected chi connectivity index (χ0v) is 17.4. The van der Waals surface area contributed by atoms with Crippen LogP contribution in [0.3, 0.4) is 0 Å². The third kappa shape index (κ3) is 4.39. The van der Waals surface area contributed by atoms with Crippen LogP contribution in [0.2, 0.25) is 0 Å². The standard InChI is InChI=1S/C23H26N4O4/c1-15(23(31)27-14-21(29)24-17-6-2-4-8-19(17)27)26-12-10-16(11-13-26)22(30)25-18-7-3-5-9-20(18)28/h2-9,15-16,28H,10-14H2,1H3,(H,24,29)(H,25,30). The van der Waals surface area contributed by atoms with Crippen molar-refractivity contribution in [2.75, 3.05) is 35.2 Å². The second kappa shape index (κ2) is 8.77. The summed E-state index contributed by atoms with van der Waals surface area (Å²) in [4.78, 5) is 41.4. The summed E-state index contributed by atoms with van der Waals surface area (Å²) in [6, 6.07) is 13.5. The fourth-order valence-corrected chi connectivity index (χ4v) is 4.17. The van der Waals surface area contributed by atoms with Gasteiger partial charge < -0.3 is 15.7 Å². The Morgan fingerprint density at radius 3 is 2.52 bits per heavy atom. The van der Waals surface area contributed by atoms with Gasteiger partial charge in [0, 0.05) is 5.92 Å². The Morgan fingerprint density at radius 1 is 1.10 bits per heavy atom. The van der Waals surface area contributed by atoms with Gasteiger partial charge in [0.25, 0.3) is 0 Å². The average molecular weight is 422 g/mol. The Hall–Kier alpha value is -3.39. The van der Waals surface area contributed by atoms with Crippen molar-refractivity contribution >= 4 is 34.8 Å². The van der Waals surface area contributed by atoms with Crippen molar-refractivity contribution in [2.24, 2.45) is 5.92 Å². The Kier molecular flexibility index (Phi) is 5.90. The molecule has 0 radical (unpaired) electrons. The van der Waals surface area contributed by atoms with E-state index < -0.39 is 6.04 Å². The van der Waals surface area contributed by atoms with Crippen molar-refractivity contribution in [1.29, 1.82) is 0 Å². The number of hydrogen-bond donors (Lipinski definition) is 3. The number of para-hydroxylation sites is 4. The van der Waals surface area contributed by atoms with E-state index in [0.29, 0.717) is 43.0 Å². The number of phenols is 1. The zero-order valence-electron chi connectivity index (χ0n) is 17.4. The largest absolute Gasteiger partial charge is 0.506 e. The van der Waals surface area contributed by atoms with Gasteiger partial charge in [0.1, 0.15) is 12.3 Å². The minimum atomic E-state index is -0.402. The summed E-state index contributed by atoms with van der Waals surface area (Å²) in [5.74, 6) is -0.599. The van der Waals surface area contributed by atoms with Crippen molar-refractivity contribution in [2.45, 2.75) is 25.8 Å². The summed E-state index contributed by atoms with van der Waals surface area (Å²) in [5, 5.41) is 15.4. The summed E-state index contributed by atoms with van der Waals surface area (Å²) in [6.45, 7) is 3.06. The third-order valence-corrected chi connectivity index (χ3v) is 6.00. The van der Waals surface area contributed by atoms with Gasteiger partial charge in [0.05, 0.1) is 23.1 Å². The van der Waals surface area contributed by atoms with Crippen molar-refractivity contribution in [3.63, 3.8) is 0 Å². The predicted molar refractivity (Wildman–Crippen MR) is 118 cm³/mol. The van der Waals surface area contributed by atoms with Crippen LogP contribution in [0.25, 0.3) is 0 Å². The molecule has 2 aliphatic rings. The van der Waals surface area contributed by atoms with Crippen molar-refractivity contribution < 1.29 is 19.5 Å².